The number of amides is 1. The lowest BCUT2D eigenvalue weighted by atomic mass is 10.00. The summed E-state index contributed by atoms with van der Waals surface area (Å²) in [5.41, 5.74) is 1.44. The SMILES string of the molecule is COC(=O)c1ccc(C(O)C(O)CCNC(=O)OCc2ccccc2)cc1OC. The van der Waals surface area contributed by atoms with Gasteiger partial charge in [0.25, 0.3) is 0 Å². The lowest BCUT2D eigenvalue weighted by molar-refractivity contribution is 0.0135. The molecule has 3 N–H and O–H groups in total. The number of hydrogen-bond acceptors (Lipinski definition) is 7. The van der Waals surface area contributed by atoms with E-state index >= 15 is 0 Å². The van der Waals surface area contributed by atoms with Crippen molar-refractivity contribution in [2.24, 2.45) is 0 Å². The molecule has 0 bridgehead atoms. The molecule has 2 atom stereocenters. The van der Waals surface area contributed by atoms with Gasteiger partial charge in [0, 0.05) is 6.54 Å². The molecule has 0 fully saturated rings. The van der Waals surface area contributed by atoms with Crippen molar-refractivity contribution in [2.45, 2.75) is 25.2 Å². The van der Waals surface area contributed by atoms with Crippen molar-refractivity contribution in [1.29, 1.82) is 0 Å². The van der Waals surface area contributed by atoms with E-state index in [2.05, 4.69) is 10.1 Å². The monoisotopic (exact) mass is 403 g/mol. The molecule has 2 aromatic carbocycles. The summed E-state index contributed by atoms with van der Waals surface area (Å²) in [6.07, 6.45) is -2.88. The van der Waals surface area contributed by atoms with Crippen LogP contribution in [0.1, 0.15) is 34.0 Å². The number of carbonyl (C=O) groups excluding carboxylic acids is 2. The molecule has 0 heterocycles. The van der Waals surface area contributed by atoms with Crippen LogP contribution >= 0.6 is 0 Å². The standard InChI is InChI=1S/C21H25NO7/c1-27-18-12-15(8-9-16(18)20(25)28-2)19(24)17(23)10-11-22-21(26)29-13-14-6-4-3-5-7-14/h3-9,12,17,19,23-24H,10-11,13H2,1-2H3,(H,22,26). The minimum absolute atomic E-state index is 0.0999. The maximum Gasteiger partial charge on any atom is 0.407 e. The summed E-state index contributed by atoms with van der Waals surface area (Å²) in [7, 11) is 2.64. The summed E-state index contributed by atoms with van der Waals surface area (Å²) < 4.78 is 14.9. The first kappa shape index (κ1) is 22.2. The fourth-order valence-corrected chi connectivity index (χ4v) is 2.65. The average Bonchev–Trinajstić information content (AvgIpc) is 2.76. The Bertz CT molecular complexity index is 810. The van der Waals surface area contributed by atoms with Gasteiger partial charge in [-0.15, -0.1) is 0 Å². The summed E-state index contributed by atoms with van der Waals surface area (Å²) >= 11 is 0. The van der Waals surface area contributed by atoms with Gasteiger partial charge in [-0.2, -0.15) is 0 Å². The van der Waals surface area contributed by atoms with E-state index in [0.717, 1.165) is 5.56 Å². The maximum absolute atomic E-state index is 11.7. The van der Waals surface area contributed by atoms with Gasteiger partial charge in [-0.05, 0) is 29.7 Å². The van der Waals surface area contributed by atoms with Crippen LogP contribution in [0.3, 0.4) is 0 Å². The highest BCUT2D eigenvalue weighted by molar-refractivity contribution is 5.92. The minimum Gasteiger partial charge on any atom is -0.496 e. The zero-order chi connectivity index (χ0) is 21.2. The highest BCUT2D eigenvalue weighted by Gasteiger charge is 2.21. The van der Waals surface area contributed by atoms with E-state index in [1.54, 1.807) is 0 Å². The van der Waals surface area contributed by atoms with Crippen LogP contribution in [0.15, 0.2) is 48.5 Å². The normalized spacial score (nSPS) is 12.6. The molecule has 1 amide bonds. The second-order valence-corrected chi connectivity index (χ2v) is 6.24. The zero-order valence-electron chi connectivity index (χ0n) is 16.3. The number of carbonyl (C=O) groups is 2. The molecule has 0 radical (unpaired) electrons. The number of methoxy groups -OCH3 is 2. The first-order valence-electron chi connectivity index (χ1n) is 9.03. The number of ether oxygens (including phenoxy) is 3. The number of rotatable bonds is 9. The van der Waals surface area contributed by atoms with Crippen LogP contribution in [0.4, 0.5) is 4.79 Å². The average molecular weight is 403 g/mol. The smallest absolute Gasteiger partial charge is 0.407 e. The first-order chi connectivity index (χ1) is 14.0. The summed E-state index contributed by atoms with van der Waals surface area (Å²) in [5.74, 6) is -0.343. The van der Waals surface area contributed by atoms with E-state index in [9.17, 15) is 19.8 Å². The number of esters is 1. The van der Waals surface area contributed by atoms with E-state index in [1.165, 1.54) is 32.4 Å². The summed E-state index contributed by atoms with van der Waals surface area (Å²) in [4.78, 5) is 23.4. The number of benzene rings is 2. The largest absolute Gasteiger partial charge is 0.496 e. The van der Waals surface area contributed by atoms with E-state index in [4.69, 9.17) is 9.47 Å². The molecule has 0 aliphatic rings. The molecular formula is C21H25NO7. The van der Waals surface area contributed by atoms with Gasteiger partial charge in [0.2, 0.25) is 0 Å². The molecule has 0 aliphatic carbocycles. The molecule has 0 saturated carbocycles. The molecule has 2 unspecified atom stereocenters. The topological polar surface area (TPSA) is 114 Å². The Morgan fingerprint density at radius 3 is 2.45 bits per heavy atom. The second kappa shape index (κ2) is 11.0. The third kappa shape index (κ3) is 6.48. The lowest BCUT2D eigenvalue weighted by Gasteiger charge is -2.19. The van der Waals surface area contributed by atoms with Gasteiger partial charge < -0.3 is 29.7 Å². The molecule has 8 nitrogen and oxygen atoms in total. The Morgan fingerprint density at radius 2 is 1.79 bits per heavy atom. The van der Waals surface area contributed by atoms with E-state index in [-0.39, 0.29) is 30.9 Å². The van der Waals surface area contributed by atoms with Gasteiger partial charge in [0.15, 0.2) is 0 Å². The molecule has 0 aromatic heterocycles. The molecule has 156 valence electrons. The van der Waals surface area contributed by atoms with Crippen molar-refractivity contribution in [2.75, 3.05) is 20.8 Å². The molecule has 0 saturated heterocycles. The number of aliphatic hydroxyl groups is 2. The quantitative estimate of drug-likeness (QED) is 0.550. The van der Waals surface area contributed by atoms with Gasteiger partial charge in [0.1, 0.15) is 24.0 Å². The van der Waals surface area contributed by atoms with Gasteiger partial charge in [0.05, 0.1) is 20.3 Å². The summed E-state index contributed by atoms with van der Waals surface area (Å²) in [6, 6.07) is 13.7. The van der Waals surface area contributed by atoms with Gasteiger partial charge in [-0.3, -0.25) is 0 Å². The summed E-state index contributed by atoms with van der Waals surface area (Å²) in [5, 5.41) is 23.1. The Kier molecular flexibility index (Phi) is 8.45. The van der Waals surface area contributed by atoms with Crippen LogP contribution in [-0.4, -0.2) is 49.1 Å². The van der Waals surface area contributed by atoms with Crippen LogP contribution in [0, 0.1) is 0 Å². The van der Waals surface area contributed by atoms with Crippen molar-refractivity contribution < 1.29 is 34.0 Å². The van der Waals surface area contributed by atoms with Gasteiger partial charge >= 0.3 is 12.1 Å². The van der Waals surface area contributed by atoms with Crippen molar-refractivity contribution >= 4 is 12.1 Å². The van der Waals surface area contributed by atoms with E-state index in [1.807, 2.05) is 30.3 Å². The molecule has 29 heavy (non-hydrogen) atoms. The fourth-order valence-electron chi connectivity index (χ4n) is 2.65. The third-order valence-corrected chi connectivity index (χ3v) is 4.26. The van der Waals surface area contributed by atoms with Crippen LogP contribution in [0.25, 0.3) is 0 Å². The van der Waals surface area contributed by atoms with Crippen LogP contribution in [0.5, 0.6) is 5.75 Å². The van der Waals surface area contributed by atoms with Crippen LogP contribution in [-0.2, 0) is 16.1 Å². The predicted octanol–water partition coefficient (Wildman–Crippen LogP) is 2.19. The molecule has 2 rings (SSSR count). The number of alkyl carbamates (subject to hydrolysis) is 1. The zero-order valence-corrected chi connectivity index (χ0v) is 16.3. The van der Waals surface area contributed by atoms with Crippen LogP contribution < -0.4 is 10.1 Å². The first-order valence-corrected chi connectivity index (χ1v) is 9.03. The number of nitrogens with one attached hydrogen (secondary N) is 1. The van der Waals surface area contributed by atoms with Gasteiger partial charge in [-0.1, -0.05) is 36.4 Å². The van der Waals surface area contributed by atoms with Gasteiger partial charge in [-0.25, -0.2) is 9.59 Å². The maximum atomic E-state index is 11.7. The number of hydrogen-bond donors (Lipinski definition) is 3. The van der Waals surface area contributed by atoms with E-state index in [0.29, 0.717) is 5.56 Å². The fraction of sp³-hybridized carbons (Fsp3) is 0.333. The van der Waals surface area contributed by atoms with E-state index < -0.39 is 24.3 Å². The molecule has 0 spiro atoms. The van der Waals surface area contributed by atoms with Crippen molar-refractivity contribution in [1.82, 2.24) is 5.32 Å². The Hall–Kier alpha value is -3.10. The van der Waals surface area contributed by atoms with Crippen molar-refractivity contribution in [3.63, 3.8) is 0 Å². The van der Waals surface area contributed by atoms with Crippen molar-refractivity contribution in [3.05, 3.63) is 65.2 Å². The Balaban J connectivity index is 1.83. The molecule has 2 aromatic rings. The highest BCUT2D eigenvalue weighted by atomic mass is 16.5. The third-order valence-electron chi connectivity index (χ3n) is 4.26. The minimum atomic E-state index is -1.22. The van der Waals surface area contributed by atoms with Crippen LogP contribution in [0.2, 0.25) is 0 Å². The number of aliphatic hydroxyl groups excluding tert-OH is 2. The van der Waals surface area contributed by atoms with Crippen molar-refractivity contribution in [3.8, 4) is 5.75 Å². The highest BCUT2D eigenvalue weighted by Crippen LogP contribution is 2.27. The predicted molar refractivity (Wildman–Crippen MR) is 105 cm³/mol. The second-order valence-electron chi connectivity index (χ2n) is 6.24. The lowest BCUT2D eigenvalue weighted by Crippen LogP contribution is -2.29. The Morgan fingerprint density at radius 1 is 1.07 bits per heavy atom. The molecule has 0 aliphatic heterocycles. The Labute approximate surface area is 169 Å². The molecule has 8 heteroatoms. The summed E-state index contributed by atoms with van der Waals surface area (Å²) in [6.45, 7) is 0.257. The molecular weight excluding hydrogens is 378 g/mol.